The average Bonchev–Trinajstić information content (AvgIpc) is 3.05. The number of rotatable bonds is 9. The van der Waals surface area contributed by atoms with E-state index in [2.05, 4.69) is 34.1 Å². The lowest BCUT2D eigenvalue weighted by molar-refractivity contribution is 0.0938. The zero-order valence-electron chi connectivity index (χ0n) is 20.5. The van der Waals surface area contributed by atoms with Gasteiger partial charge in [-0.25, -0.2) is 28.8 Å². The molecule has 34 heavy (non-hydrogen) atoms. The third-order valence-corrected chi connectivity index (χ3v) is 6.87. The normalized spacial score (nSPS) is 14.1. The number of nitrogens with one attached hydrogen (secondary N) is 1. The van der Waals surface area contributed by atoms with Crippen LogP contribution in [0.5, 0.6) is 5.88 Å². The Morgan fingerprint density at radius 3 is 2.47 bits per heavy atom. The van der Waals surface area contributed by atoms with E-state index in [1.165, 1.54) is 6.07 Å². The zero-order chi connectivity index (χ0) is 25.3. The number of nitrogens with two attached hydrogens (primary N) is 1. The Bertz CT molecular complexity index is 1180. The maximum absolute atomic E-state index is 14.0. The van der Waals surface area contributed by atoms with Gasteiger partial charge < -0.3 is 15.8 Å². The lowest BCUT2D eigenvalue weighted by Crippen LogP contribution is -2.48. The van der Waals surface area contributed by atoms with Crippen LogP contribution in [0.15, 0.2) is 24.4 Å². The summed E-state index contributed by atoms with van der Waals surface area (Å²) in [6.45, 7) is 5.33. The van der Waals surface area contributed by atoms with Crippen molar-refractivity contribution in [1.29, 1.82) is 0 Å². The number of hydrogen-bond acceptors (Lipinski definition) is 5. The number of amides is 1. The molecular weight excluding hydrogens is 460 g/mol. The maximum Gasteiger partial charge on any atom is 0.270 e. The number of nitrogens with zero attached hydrogens (tertiary/aromatic N) is 3. The van der Waals surface area contributed by atoms with Crippen molar-refractivity contribution in [2.75, 3.05) is 31.1 Å². The molecule has 3 rings (SSSR count). The van der Waals surface area contributed by atoms with Gasteiger partial charge in [-0.3, -0.25) is 9.20 Å². The topological polar surface area (TPSA) is 94.5 Å². The van der Waals surface area contributed by atoms with Crippen LogP contribution in [0, 0.1) is 25.5 Å². The van der Waals surface area contributed by atoms with Crippen LogP contribution in [0.25, 0.3) is 5.65 Å². The van der Waals surface area contributed by atoms with E-state index in [0.717, 1.165) is 24.3 Å². The first-order valence-electron chi connectivity index (χ1n) is 10.9. The van der Waals surface area contributed by atoms with E-state index in [1.54, 1.807) is 24.4 Å². The summed E-state index contributed by atoms with van der Waals surface area (Å²) in [5.41, 5.74) is 7.34. The highest BCUT2D eigenvalue weighted by atomic mass is 32.3. The molecule has 1 aromatic carbocycles. The molecule has 1 atom stereocenters. The summed E-state index contributed by atoms with van der Waals surface area (Å²) in [6, 6.07) is 3.62. The Labute approximate surface area is 200 Å². The van der Waals surface area contributed by atoms with Crippen LogP contribution < -0.4 is 15.8 Å². The summed E-state index contributed by atoms with van der Waals surface area (Å²) in [7, 11) is -0.690. The molecule has 0 aliphatic rings. The van der Waals surface area contributed by atoms with Gasteiger partial charge in [-0.05, 0) is 63.8 Å². The fourth-order valence-electron chi connectivity index (χ4n) is 3.42. The molecule has 3 aromatic rings. The van der Waals surface area contributed by atoms with Gasteiger partial charge in [0.2, 0.25) is 5.65 Å². The monoisotopic (exact) mass is 493 g/mol. The number of ether oxygens (including phenoxy) is 1. The van der Waals surface area contributed by atoms with E-state index >= 15 is 0 Å². The third-order valence-electron chi connectivity index (χ3n) is 5.44. The molecule has 0 saturated carbocycles. The van der Waals surface area contributed by atoms with E-state index < -0.39 is 27.2 Å². The van der Waals surface area contributed by atoms with Crippen LogP contribution >= 0.6 is 10.0 Å². The number of carbonyl (C=O) groups excluding carboxylic acids is 1. The van der Waals surface area contributed by atoms with Crippen molar-refractivity contribution in [3.8, 4) is 5.88 Å². The van der Waals surface area contributed by atoms with Crippen LogP contribution in [-0.4, -0.2) is 56.9 Å². The predicted molar refractivity (Wildman–Crippen MR) is 133 cm³/mol. The Kier molecular flexibility index (Phi) is 7.52. The van der Waals surface area contributed by atoms with E-state index in [-0.39, 0.29) is 29.6 Å². The van der Waals surface area contributed by atoms with Gasteiger partial charge in [0, 0.05) is 18.3 Å². The minimum absolute atomic E-state index is 0.0848. The molecule has 0 radical (unpaired) electrons. The zero-order valence-corrected chi connectivity index (χ0v) is 21.4. The van der Waals surface area contributed by atoms with Gasteiger partial charge in [0.15, 0.2) is 0 Å². The Hall–Kier alpha value is -2.72. The van der Waals surface area contributed by atoms with E-state index in [4.69, 9.17) is 10.5 Å². The molecule has 186 valence electrons. The maximum atomic E-state index is 14.0. The number of aryl methyl sites for hydroxylation is 2. The highest BCUT2D eigenvalue weighted by Crippen LogP contribution is 2.36. The van der Waals surface area contributed by atoms with Crippen molar-refractivity contribution in [3.05, 3.63) is 58.7 Å². The van der Waals surface area contributed by atoms with Gasteiger partial charge >= 0.3 is 0 Å². The Morgan fingerprint density at radius 1 is 1.21 bits per heavy atom. The van der Waals surface area contributed by atoms with Gasteiger partial charge in [-0.15, -0.1) is 0 Å². The molecule has 7 nitrogen and oxygen atoms in total. The summed E-state index contributed by atoms with van der Waals surface area (Å²) in [5, 5.41) is 2.93. The number of fused-ring (bicyclic) bond motifs is 1. The first-order valence-corrected chi connectivity index (χ1v) is 14.0. The number of hydrogen-bond donors (Lipinski definition) is 2. The first kappa shape index (κ1) is 25.9. The molecule has 0 bridgehead atoms. The molecule has 10 heteroatoms. The third kappa shape index (κ3) is 6.24. The summed E-state index contributed by atoms with van der Waals surface area (Å²) in [6.07, 6.45) is 9.18. The highest BCUT2D eigenvalue weighted by molar-refractivity contribution is 8.32. The van der Waals surface area contributed by atoms with Gasteiger partial charge in [-0.2, -0.15) is 0 Å². The minimum atomic E-state index is -0.707. The lowest BCUT2D eigenvalue weighted by Gasteiger charge is -2.32. The molecule has 3 N–H and O–H groups in total. The number of imidazole rings is 1. The predicted octanol–water partition coefficient (Wildman–Crippen LogP) is 3.73. The standard InChI is InChI=1S/C24H33F2N5O2S/c1-15-12-31-20(22(32)28-14-24(3,27)10-11-34(4,5)6)16(2)30-21(31)23(29-15)33-13-17-18(25)8-7-9-19(17)26/h7-9,12H,10-11,13-14,27H2,1-6H3,(H,28,32). The van der Waals surface area contributed by atoms with Crippen LogP contribution in [-0.2, 0) is 6.61 Å². The Morgan fingerprint density at radius 2 is 1.85 bits per heavy atom. The first-order chi connectivity index (χ1) is 15.8. The highest BCUT2D eigenvalue weighted by Gasteiger charge is 2.25. The second kappa shape index (κ2) is 9.87. The summed E-state index contributed by atoms with van der Waals surface area (Å²) in [5.74, 6) is -0.635. The van der Waals surface area contributed by atoms with Gasteiger partial charge in [0.1, 0.15) is 23.9 Å². The molecule has 1 unspecified atom stereocenters. The van der Waals surface area contributed by atoms with E-state index in [9.17, 15) is 13.6 Å². The molecule has 0 aliphatic heterocycles. The van der Waals surface area contributed by atoms with Crippen molar-refractivity contribution in [3.63, 3.8) is 0 Å². The fourth-order valence-corrected chi connectivity index (χ4v) is 4.50. The van der Waals surface area contributed by atoms with Crippen molar-refractivity contribution in [2.45, 2.75) is 39.3 Å². The van der Waals surface area contributed by atoms with Crippen LogP contribution in [0.4, 0.5) is 8.78 Å². The van der Waals surface area contributed by atoms with E-state index in [1.807, 2.05) is 6.92 Å². The quantitative estimate of drug-likeness (QED) is 0.474. The number of aromatic nitrogens is 3. The Balaban J connectivity index is 1.82. The number of carbonyl (C=O) groups is 1. The number of benzene rings is 1. The fraction of sp³-hybridized carbons (Fsp3) is 0.458. The van der Waals surface area contributed by atoms with Gasteiger partial charge in [0.25, 0.3) is 11.8 Å². The lowest BCUT2D eigenvalue weighted by atomic mass is 10.0. The van der Waals surface area contributed by atoms with Gasteiger partial charge in [0.05, 0.1) is 17.0 Å². The molecule has 0 aliphatic carbocycles. The molecule has 2 heterocycles. The SMILES string of the molecule is Cc1cn2c(C(=O)NCC(C)(N)CCS(C)(C)C)c(C)nc2c(OCc2c(F)cccc2F)n1. The summed E-state index contributed by atoms with van der Waals surface area (Å²) < 4.78 is 35.2. The number of halogens is 2. The van der Waals surface area contributed by atoms with E-state index in [0.29, 0.717) is 23.6 Å². The molecular formula is C24H33F2N5O2S. The van der Waals surface area contributed by atoms with Crippen molar-refractivity contribution in [1.82, 2.24) is 19.7 Å². The second-order valence-corrected chi connectivity index (χ2v) is 14.4. The largest absolute Gasteiger partial charge is 0.470 e. The van der Waals surface area contributed by atoms with Crippen molar-refractivity contribution >= 4 is 21.6 Å². The summed E-state index contributed by atoms with van der Waals surface area (Å²) in [4.78, 5) is 21.9. The van der Waals surface area contributed by atoms with Crippen LogP contribution in [0.1, 0.15) is 40.8 Å². The molecule has 2 aromatic heterocycles. The van der Waals surface area contributed by atoms with Crippen molar-refractivity contribution in [2.24, 2.45) is 5.73 Å². The average molecular weight is 494 g/mol. The van der Waals surface area contributed by atoms with Crippen LogP contribution in [0.2, 0.25) is 0 Å². The summed E-state index contributed by atoms with van der Waals surface area (Å²) >= 11 is 0. The molecule has 0 fully saturated rings. The van der Waals surface area contributed by atoms with Gasteiger partial charge in [-0.1, -0.05) is 6.07 Å². The molecule has 0 spiro atoms. The molecule has 1 amide bonds. The smallest absolute Gasteiger partial charge is 0.270 e. The van der Waals surface area contributed by atoms with Crippen LogP contribution in [0.3, 0.4) is 0 Å². The second-order valence-electron chi connectivity index (χ2n) is 9.80. The minimum Gasteiger partial charge on any atom is -0.470 e. The van der Waals surface area contributed by atoms with Crippen molar-refractivity contribution < 1.29 is 18.3 Å². The molecule has 0 saturated heterocycles.